The summed E-state index contributed by atoms with van der Waals surface area (Å²) in [5.41, 5.74) is 14.0. The molecule has 0 atom stereocenters. The molecular formula is C16H14N4O. The number of nitrogens with zero attached hydrogens (tertiary/aromatic N) is 3. The second kappa shape index (κ2) is 5.69. The highest BCUT2D eigenvalue weighted by Gasteiger charge is 2.18. The summed E-state index contributed by atoms with van der Waals surface area (Å²) in [6, 6.07) is 14.3. The smallest absolute Gasteiger partial charge is 0.224 e. The van der Waals surface area contributed by atoms with E-state index in [-0.39, 0.29) is 18.9 Å². The van der Waals surface area contributed by atoms with Crippen molar-refractivity contribution < 1.29 is 4.79 Å². The van der Waals surface area contributed by atoms with E-state index < -0.39 is 0 Å². The average molecular weight is 278 g/mol. The van der Waals surface area contributed by atoms with E-state index in [4.69, 9.17) is 5.53 Å². The zero-order valence-corrected chi connectivity index (χ0v) is 11.4. The third kappa shape index (κ3) is 2.73. The Morgan fingerprint density at radius 2 is 2.00 bits per heavy atom. The van der Waals surface area contributed by atoms with Gasteiger partial charge in [-0.1, -0.05) is 35.4 Å². The molecule has 1 amide bonds. The molecule has 0 bridgehead atoms. The summed E-state index contributed by atoms with van der Waals surface area (Å²) in [6.45, 7) is 0.179. The van der Waals surface area contributed by atoms with Crippen LogP contribution in [0.4, 0.5) is 5.69 Å². The van der Waals surface area contributed by atoms with E-state index in [1.54, 1.807) is 0 Å². The van der Waals surface area contributed by atoms with Gasteiger partial charge in [-0.25, -0.2) is 0 Å². The van der Waals surface area contributed by atoms with Crippen LogP contribution < -0.4 is 5.32 Å². The fourth-order valence-corrected chi connectivity index (χ4v) is 2.64. The molecule has 0 spiro atoms. The maximum atomic E-state index is 11.7. The van der Waals surface area contributed by atoms with E-state index in [0.29, 0.717) is 0 Å². The number of hydrogen-bond acceptors (Lipinski definition) is 2. The van der Waals surface area contributed by atoms with Gasteiger partial charge in [0.2, 0.25) is 5.91 Å². The van der Waals surface area contributed by atoms with E-state index in [2.05, 4.69) is 27.5 Å². The van der Waals surface area contributed by atoms with Gasteiger partial charge in [0, 0.05) is 23.6 Å². The number of rotatable bonds is 4. The molecule has 0 aliphatic heterocycles. The molecule has 1 N–H and O–H groups in total. The molecule has 1 aliphatic rings. The van der Waals surface area contributed by atoms with Gasteiger partial charge in [-0.05, 0) is 46.3 Å². The Morgan fingerprint density at radius 3 is 2.86 bits per heavy atom. The second-order valence-corrected chi connectivity index (χ2v) is 4.96. The van der Waals surface area contributed by atoms with Gasteiger partial charge in [0.1, 0.15) is 0 Å². The van der Waals surface area contributed by atoms with Crippen LogP contribution in [0.5, 0.6) is 0 Å². The highest BCUT2D eigenvalue weighted by Crippen LogP contribution is 2.37. The molecule has 104 valence electrons. The zero-order valence-electron chi connectivity index (χ0n) is 11.4. The van der Waals surface area contributed by atoms with Gasteiger partial charge >= 0.3 is 0 Å². The SMILES string of the molecule is [N-]=[N+]=NCCC(=O)Nc1ccc2c(c1)Cc1ccccc1-2. The molecule has 2 aromatic carbocycles. The van der Waals surface area contributed by atoms with Crippen molar-refractivity contribution in [3.05, 3.63) is 64.0 Å². The molecule has 21 heavy (non-hydrogen) atoms. The zero-order chi connectivity index (χ0) is 14.7. The maximum absolute atomic E-state index is 11.7. The van der Waals surface area contributed by atoms with Crippen LogP contribution in [-0.2, 0) is 11.2 Å². The summed E-state index contributed by atoms with van der Waals surface area (Å²) < 4.78 is 0. The van der Waals surface area contributed by atoms with E-state index in [0.717, 1.165) is 12.1 Å². The lowest BCUT2D eigenvalue weighted by Gasteiger charge is -2.07. The summed E-state index contributed by atoms with van der Waals surface area (Å²) >= 11 is 0. The van der Waals surface area contributed by atoms with Gasteiger partial charge in [-0.3, -0.25) is 4.79 Å². The fourth-order valence-electron chi connectivity index (χ4n) is 2.64. The minimum absolute atomic E-state index is 0.141. The van der Waals surface area contributed by atoms with Crippen molar-refractivity contribution in [2.75, 3.05) is 11.9 Å². The third-order valence-electron chi connectivity index (χ3n) is 3.58. The summed E-state index contributed by atoms with van der Waals surface area (Å²) in [7, 11) is 0. The van der Waals surface area contributed by atoms with E-state index in [9.17, 15) is 4.79 Å². The van der Waals surface area contributed by atoms with E-state index in [1.807, 2.05) is 30.3 Å². The Labute approximate surface area is 122 Å². The highest BCUT2D eigenvalue weighted by atomic mass is 16.1. The number of hydrogen-bond donors (Lipinski definition) is 1. The van der Waals surface area contributed by atoms with Crippen molar-refractivity contribution >= 4 is 11.6 Å². The molecular weight excluding hydrogens is 264 g/mol. The Bertz CT molecular complexity index is 748. The number of amides is 1. The molecule has 2 aromatic rings. The van der Waals surface area contributed by atoms with Crippen molar-refractivity contribution in [1.82, 2.24) is 0 Å². The van der Waals surface area contributed by atoms with Gasteiger partial charge in [-0.2, -0.15) is 0 Å². The molecule has 5 heteroatoms. The number of fused-ring (bicyclic) bond motifs is 3. The number of nitrogens with one attached hydrogen (secondary N) is 1. The topological polar surface area (TPSA) is 77.9 Å². The predicted molar refractivity (Wildman–Crippen MR) is 81.9 cm³/mol. The summed E-state index contributed by atoms with van der Waals surface area (Å²) in [5.74, 6) is -0.141. The van der Waals surface area contributed by atoms with Crippen LogP contribution in [0.15, 0.2) is 47.6 Å². The standard InChI is InChI=1S/C16H14N4O/c17-20-18-8-7-16(21)19-13-5-6-15-12(10-13)9-11-3-1-2-4-14(11)15/h1-6,10H,7-9H2,(H,19,21). The first-order chi connectivity index (χ1) is 10.3. The van der Waals surface area contributed by atoms with Gasteiger partial charge in [-0.15, -0.1) is 0 Å². The van der Waals surface area contributed by atoms with Crippen LogP contribution in [0.1, 0.15) is 17.5 Å². The second-order valence-electron chi connectivity index (χ2n) is 4.96. The molecule has 1 aliphatic carbocycles. The van der Waals surface area contributed by atoms with Crippen LogP contribution in [0.2, 0.25) is 0 Å². The Morgan fingerprint density at radius 1 is 1.19 bits per heavy atom. The number of benzene rings is 2. The number of carbonyl (C=O) groups is 1. The largest absolute Gasteiger partial charge is 0.326 e. The number of carbonyl (C=O) groups excluding carboxylic acids is 1. The summed E-state index contributed by atoms with van der Waals surface area (Å²) in [6.07, 6.45) is 1.09. The first-order valence-corrected chi connectivity index (χ1v) is 6.80. The number of azide groups is 1. The Balaban J connectivity index is 1.75. The molecule has 0 aromatic heterocycles. The lowest BCUT2D eigenvalue weighted by Crippen LogP contribution is -2.12. The first-order valence-electron chi connectivity index (χ1n) is 6.80. The van der Waals surface area contributed by atoms with E-state index in [1.165, 1.54) is 22.3 Å². The van der Waals surface area contributed by atoms with Gasteiger partial charge in [0.25, 0.3) is 0 Å². The van der Waals surface area contributed by atoms with Crippen LogP contribution in [0.25, 0.3) is 21.6 Å². The van der Waals surface area contributed by atoms with Crippen molar-refractivity contribution in [2.24, 2.45) is 5.11 Å². The molecule has 0 saturated carbocycles. The van der Waals surface area contributed by atoms with Gasteiger partial charge < -0.3 is 5.32 Å². The van der Waals surface area contributed by atoms with Crippen LogP contribution in [-0.4, -0.2) is 12.5 Å². The summed E-state index contributed by atoms with van der Waals surface area (Å²) in [5, 5.41) is 6.19. The Hall–Kier alpha value is -2.78. The molecule has 0 unspecified atom stereocenters. The van der Waals surface area contributed by atoms with Gasteiger partial charge in [0.15, 0.2) is 0 Å². The molecule has 3 rings (SSSR count). The molecule has 0 saturated heterocycles. The molecule has 0 fully saturated rings. The van der Waals surface area contributed by atoms with Crippen molar-refractivity contribution in [1.29, 1.82) is 0 Å². The van der Waals surface area contributed by atoms with Crippen LogP contribution in [0.3, 0.4) is 0 Å². The van der Waals surface area contributed by atoms with Crippen LogP contribution in [0, 0.1) is 0 Å². The third-order valence-corrected chi connectivity index (χ3v) is 3.58. The van der Waals surface area contributed by atoms with Gasteiger partial charge in [0.05, 0.1) is 0 Å². The highest BCUT2D eigenvalue weighted by molar-refractivity contribution is 5.92. The molecule has 0 radical (unpaired) electrons. The van der Waals surface area contributed by atoms with Crippen molar-refractivity contribution in [2.45, 2.75) is 12.8 Å². The fraction of sp³-hybridized carbons (Fsp3) is 0.188. The number of anilines is 1. The average Bonchev–Trinajstić information content (AvgIpc) is 2.85. The first kappa shape index (κ1) is 13.2. The maximum Gasteiger partial charge on any atom is 0.224 e. The molecule has 5 nitrogen and oxygen atoms in total. The minimum atomic E-state index is -0.141. The monoisotopic (exact) mass is 278 g/mol. The Kier molecular flexibility index (Phi) is 3.58. The normalized spacial score (nSPS) is 11.2. The summed E-state index contributed by atoms with van der Waals surface area (Å²) in [4.78, 5) is 14.3. The van der Waals surface area contributed by atoms with E-state index >= 15 is 0 Å². The predicted octanol–water partition coefficient (Wildman–Crippen LogP) is 3.90. The lowest BCUT2D eigenvalue weighted by atomic mass is 10.1. The van der Waals surface area contributed by atoms with Crippen molar-refractivity contribution in [3.8, 4) is 11.1 Å². The van der Waals surface area contributed by atoms with Crippen molar-refractivity contribution in [3.63, 3.8) is 0 Å². The quantitative estimate of drug-likeness (QED) is 0.438. The lowest BCUT2D eigenvalue weighted by molar-refractivity contribution is -0.116. The van der Waals surface area contributed by atoms with Crippen LogP contribution >= 0.6 is 0 Å². The molecule has 0 heterocycles. The minimum Gasteiger partial charge on any atom is -0.326 e.